The SMILES string of the molecule is O=S(=O)(N=S(=O)([N-]S(=O)(=NS(=O)(=O)C(F)(F)F)C(F)(F)F)C(F)(F)F)C(F)(F)F.[K+]. The quantitative estimate of drug-likeness (QED) is 0.335. The van der Waals surface area contributed by atoms with Gasteiger partial charge in [0, 0.05) is 0 Å². The zero-order valence-corrected chi connectivity index (χ0v) is 19.3. The van der Waals surface area contributed by atoms with E-state index in [1.54, 1.807) is 0 Å². The second-order valence-electron chi connectivity index (χ2n) is 3.95. The molecule has 0 aliphatic rings. The van der Waals surface area contributed by atoms with Gasteiger partial charge in [0.2, 0.25) is 0 Å². The molecule has 9 nitrogen and oxygen atoms in total. The Labute approximate surface area is 201 Å². The molecule has 0 N–H and O–H groups in total. The van der Waals surface area contributed by atoms with Crippen molar-refractivity contribution < 1.29 is 129 Å². The van der Waals surface area contributed by atoms with Crippen LogP contribution in [0.25, 0.3) is 4.13 Å². The minimum atomic E-state index is -7.88. The first kappa shape index (κ1) is 32.7. The van der Waals surface area contributed by atoms with E-state index < -0.39 is 61.9 Å². The van der Waals surface area contributed by atoms with Crippen LogP contribution in [0.2, 0.25) is 0 Å². The van der Waals surface area contributed by atoms with Gasteiger partial charge in [0.15, 0.2) is 0 Å². The number of hydrogen-bond donors (Lipinski definition) is 0. The maximum Gasteiger partial charge on any atom is 1.00 e. The fraction of sp³-hybridized carbons (Fsp3) is 1.00. The summed E-state index contributed by atoms with van der Waals surface area (Å²) in [5.74, 6) is 0. The van der Waals surface area contributed by atoms with Crippen molar-refractivity contribution in [3.05, 3.63) is 4.13 Å². The molecule has 0 aromatic rings. The largest absolute Gasteiger partial charge is 1.00 e. The van der Waals surface area contributed by atoms with Crippen LogP contribution >= 0.6 is 0 Å². The first-order valence-electron chi connectivity index (χ1n) is 5.18. The molecule has 30 heavy (non-hydrogen) atoms. The number of rotatable bonds is 4. The van der Waals surface area contributed by atoms with Crippen LogP contribution in [0.15, 0.2) is 7.54 Å². The molecule has 2 unspecified atom stereocenters. The van der Waals surface area contributed by atoms with Gasteiger partial charge < -0.3 is 4.13 Å². The third kappa shape index (κ3) is 7.29. The topological polar surface area (TPSA) is 141 Å². The normalized spacial score (nSPS) is 18.5. The summed E-state index contributed by atoms with van der Waals surface area (Å²) in [5.41, 5.74) is -28.0. The fourth-order valence-corrected chi connectivity index (χ4v) is 6.64. The Hall–Kier alpha value is 0.556. The second kappa shape index (κ2) is 9.07. The molecule has 0 spiro atoms. The molecule has 0 saturated carbocycles. The van der Waals surface area contributed by atoms with Crippen molar-refractivity contribution in [1.29, 1.82) is 0 Å². The average Bonchev–Trinajstić information content (AvgIpc) is 2.30. The minimum absolute atomic E-state index is 0. The van der Waals surface area contributed by atoms with E-state index in [1.165, 1.54) is 0 Å². The number of halogens is 12. The molecular formula is C4F12KN3O6S4. The van der Waals surface area contributed by atoms with Crippen LogP contribution < -0.4 is 51.4 Å². The average molecular weight is 581 g/mol. The predicted molar refractivity (Wildman–Crippen MR) is 66.6 cm³/mol. The summed E-state index contributed by atoms with van der Waals surface area (Å²) in [5, 5.41) is 0. The van der Waals surface area contributed by atoms with Gasteiger partial charge in [0.25, 0.3) is 0 Å². The first-order chi connectivity index (χ1) is 12.1. The molecule has 0 amide bonds. The number of sulfonamides is 2. The molecule has 0 saturated heterocycles. The van der Waals surface area contributed by atoms with E-state index in [4.69, 9.17) is 0 Å². The van der Waals surface area contributed by atoms with Crippen molar-refractivity contribution in [3.8, 4) is 0 Å². The molecule has 0 aromatic heterocycles. The summed E-state index contributed by atoms with van der Waals surface area (Å²) in [6.45, 7) is 0. The van der Waals surface area contributed by atoms with Crippen LogP contribution in [0.1, 0.15) is 0 Å². The second-order valence-corrected chi connectivity index (χ2v) is 11.5. The molecule has 0 rings (SSSR count). The van der Waals surface area contributed by atoms with Gasteiger partial charge in [-0.3, -0.25) is 8.42 Å². The molecule has 0 fully saturated rings. The van der Waals surface area contributed by atoms with Crippen LogP contribution in [0.4, 0.5) is 52.7 Å². The molecule has 0 radical (unpaired) electrons. The fourth-order valence-electron chi connectivity index (χ4n) is 0.684. The maximum atomic E-state index is 12.6. The van der Waals surface area contributed by atoms with Crippen LogP contribution in [-0.2, 0) is 39.9 Å². The zero-order valence-electron chi connectivity index (χ0n) is 13.0. The van der Waals surface area contributed by atoms with E-state index in [-0.39, 0.29) is 51.4 Å². The smallest absolute Gasteiger partial charge is 0.455 e. The summed E-state index contributed by atoms with van der Waals surface area (Å²) < 4.78 is 215. The van der Waals surface area contributed by atoms with E-state index in [2.05, 4.69) is 0 Å². The molecule has 176 valence electrons. The molecule has 0 aliphatic carbocycles. The van der Waals surface area contributed by atoms with Gasteiger partial charge >= 0.3 is 93.5 Å². The molecule has 2 atom stereocenters. The Morgan fingerprint density at radius 1 is 0.467 bits per heavy atom. The Bertz CT molecular complexity index is 1010. The molecule has 0 bridgehead atoms. The van der Waals surface area contributed by atoms with E-state index in [0.717, 1.165) is 0 Å². The summed E-state index contributed by atoms with van der Waals surface area (Å²) in [7, 11) is -31.0. The molecule has 0 heterocycles. The minimum Gasteiger partial charge on any atom is -0.455 e. The Morgan fingerprint density at radius 2 is 0.667 bits per heavy atom. The van der Waals surface area contributed by atoms with E-state index in [9.17, 15) is 77.9 Å². The van der Waals surface area contributed by atoms with Crippen LogP contribution in [0.3, 0.4) is 0 Å². The van der Waals surface area contributed by atoms with Crippen molar-refractivity contribution in [3.63, 3.8) is 0 Å². The standard InChI is InChI=1S/C4F12N3O6S4.K/c5-1(6,7)26(20,18-28(22,23)3(11,12)13)17-27(21,2(8,9)10)19-29(24,25)4(14,15)16;/q-1;+1. The van der Waals surface area contributed by atoms with Crippen molar-refractivity contribution >= 4 is 39.9 Å². The van der Waals surface area contributed by atoms with Gasteiger partial charge in [-0.1, -0.05) is 0 Å². The van der Waals surface area contributed by atoms with Crippen molar-refractivity contribution in [2.24, 2.45) is 7.54 Å². The van der Waals surface area contributed by atoms with E-state index >= 15 is 0 Å². The molecule has 0 aliphatic heterocycles. The van der Waals surface area contributed by atoms with Gasteiger partial charge in [0.1, 0.15) is 0 Å². The van der Waals surface area contributed by atoms with Crippen LogP contribution in [-0.4, -0.2) is 47.3 Å². The number of alkyl halides is 12. The van der Waals surface area contributed by atoms with Crippen molar-refractivity contribution in [2.75, 3.05) is 0 Å². The van der Waals surface area contributed by atoms with Crippen LogP contribution in [0, 0.1) is 0 Å². The monoisotopic (exact) mass is 581 g/mol. The van der Waals surface area contributed by atoms with Gasteiger partial charge in [-0.2, -0.15) is 69.5 Å². The molecular weight excluding hydrogens is 581 g/mol. The first-order valence-corrected chi connectivity index (χ1v) is 11.0. The summed E-state index contributed by atoms with van der Waals surface area (Å²) in [4.78, 5) is 0. The number of hydrogen-bond acceptors (Lipinski definition) is 6. The summed E-state index contributed by atoms with van der Waals surface area (Å²) in [6.07, 6.45) is 0. The third-order valence-electron chi connectivity index (χ3n) is 1.79. The maximum absolute atomic E-state index is 12.6. The van der Waals surface area contributed by atoms with Crippen molar-refractivity contribution in [2.45, 2.75) is 22.0 Å². The van der Waals surface area contributed by atoms with Gasteiger partial charge in [-0.25, -0.2) is 0 Å². The summed E-state index contributed by atoms with van der Waals surface area (Å²) in [6, 6.07) is 0. The van der Waals surface area contributed by atoms with E-state index in [0.29, 0.717) is 11.7 Å². The van der Waals surface area contributed by atoms with Gasteiger partial charge in [0.05, 0.1) is 19.8 Å². The van der Waals surface area contributed by atoms with Crippen molar-refractivity contribution in [1.82, 2.24) is 0 Å². The van der Waals surface area contributed by atoms with Crippen LogP contribution in [0.5, 0.6) is 0 Å². The van der Waals surface area contributed by atoms with Gasteiger partial charge in [-0.05, 0) is 0 Å². The van der Waals surface area contributed by atoms with E-state index in [1.807, 2.05) is 0 Å². The zero-order chi connectivity index (χ0) is 24.1. The Kier molecular flexibility index (Phi) is 9.89. The van der Waals surface area contributed by atoms with Gasteiger partial charge in [-0.15, -0.1) is 7.54 Å². The summed E-state index contributed by atoms with van der Waals surface area (Å²) >= 11 is 0. The Morgan fingerprint density at radius 3 is 0.800 bits per heavy atom. The molecule has 26 heteroatoms. The predicted octanol–water partition coefficient (Wildman–Crippen LogP) is -0.131. The molecule has 0 aromatic carbocycles. The third-order valence-corrected chi connectivity index (χ3v) is 8.97. The Balaban J connectivity index is 0. The number of nitrogens with zero attached hydrogens (tertiary/aromatic N) is 3.